The second kappa shape index (κ2) is 2.94. The van der Waals surface area contributed by atoms with E-state index in [1.165, 1.54) is 7.11 Å². The number of ether oxygens (including phenoxy) is 1. The van der Waals surface area contributed by atoms with Gasteiger partial charge in [0.15, 0.2) is 6.26 Å². The molecule has 0 aliphatic heterocycles. The molecule has 0 atom stereocenters. The van der Waals surface area contributed by atoms with Crippen molar-refractivity contribution in [2.24, 2.45) is 0 Å². The highest BCUT2D eigenvalue weighted by atomic mass is 16.5. The van der Waals surface area contributed by atoms with E-state index in [9.17, 15) is 4.79 Å². The number of hydrogen-bond donors (Lipinski definition) is 0. The Morgan fingerprint density at radius 3 is 3.15 bits per heavy atom. The normalized spacial score (nSPS) is 10.2. The van der Waals surface area contributed by atoms with E-state index in [2.05, 4.69) is 11.0 Å². The summed E-state index contributed by atoms with van der Waals surface area (Å²) >= 11 is 0. The zero-order valence-electron chi connectivity index (χ0n) is 7.03. The summed E-state index contributed by atoms with van der Waals surface area (Å²) < 4.78 is 9.48. The molecule has 0 unspecified atom stereocenters. The van der Waals surface area contributed by atoms with Crippen molar-refractivity contribution in [2.75, 3.05) is 7.11 Å². The Morgan fingerprint density at radius 1 is 1.54 bits per heavy atom. The number of carbonyl (C=O) groups excluding carboxylic acids is 1. The van der Waals surface area contributed by atoms with Crippen LogP contribution in [0.25, 0.3) is 10.8 Å². The van der Waals surface area contributed by atoms with Gasteiger partial charge in [-0.05, 0) is 6.07 Å². The first-order valence-electron chi connectivity index (χ1n) is 3.79. The molecular weight excluding hydrogens is 168 g/mol. The molecule has 1 aromatic carbocycles. The van der Waals surface area contributed by atoms with Gasteiger partial charge in [0.05, 0.1) is 18.9 Å². The first-order chi connectivity index (χ1) is 6.33. The van der Waals surface area contributed by atoms with Crippen LogP contribution in [0.3, 0.4) is 0 Å². The zero-order chi connectivity index (χ0) is 9.26. The van der Waals surface area contributed by atoms with Crippen LogP contribution in [-0.2, 0) is 4.74 Å². The van der Waals surface area contributed by atoms with Crippen molar-refractivity contribution < 1.29 is 13.9 Å². The lowest BCUT2D eigenvalue weighted by Gasteiger charge is -1.98. The molecule has 1 radical (unpaired) electrons. The van der Waals surface area contributed by atoms with Crippen LogP contribution >= 0.6 is 0 Å². The molecule has 2 rings (SSSR count). The lowest BCUT2D eigenvalue weighted by atomic mass is 10.1. The Labute approximate surface area is 74.9 Å². The molecule has 0 N–H and O–H groups in total. The molecule has 0 aliphatic rings. The van der Waals surface area contributed by atoms with E-state index < -0.39 is 0 Å². The van der Waals surface area contributed by atoms with Gasteiger partial charge in [0.25, 0.3) is 0 Å². The van der Waals surface area contributed by atoms with E-state index in [0.29, 0.717) is 10.9 Å². The van der Waals surface area contributed by atoms with Gasteiger partial charge in [-0.15, -0.1) is 0 Å². The quantitative estimate of drug-likeness (QED) is 0.622. The van der Waals surface area contributed by atoms with E-state index >= 15 is 0 Å². The van der Waals surface area contributed by atoms with Gasteiger partial charge >= 0.3 is 5.97 Å². The van der Waals surface area contributed by atoms with Crippen LogP contribution in [0.15, 0.2) is 28.9 Å². The van der Waals surface area contributed by atoms with Gasteiger partial charge in [-0.2, -0.15) is 0 Å². The highest BCUT2D eigenvalue weighted by Crippen LogP contribution is 2.19. The van der Waals surface area contributed by atoms with E-state index in [0.717, 1.165) is 5.39 Å². The zero-order valence-corrected chi connectivity index (χ0v) is 7.03. The van der Waals surface area contributed by atoms with Gasteiger partial charge in [0.2, 0.25) is 0 Å². The predicted octanol–water partition coefficient (Wildman–Crippen LogP) is 2.02. The van der Waals surface area contributed by atoms with Gasteiger partial charge in [0, 0.05) is 10.8 Å². The molecule has 0 fully saturated rings. The van der Waals surface area contributed by atoms with Crippen LogP contribution in [0.4, 0.5) is 0 Å². The molecule has 2 aromatic rings. The Hall–Kier alpha value is -1.77. The molecule has 13 heavy (non-hydrogen) atoms. The Bertz CT molecular complexity index is 442. The third-order valence-electron chi connectivity index (χ3n) is 1.85. The summed E-state index contributed by atoms with van der Waals surface area (Å²) in [7, 11) is 1.35. The number of methoxy groups -OCH3 is 1. The minimum Gasteiger partial charge on any atom is -0.465 e. The lowest BCUT2D eigenvalue weighted by molar-refractivity contribution is 0.0603. The highest BCUT2D eigenvalue weighted by molar-refractivity contribution is 6.03. The van der Waals surface area contributed by atoms with Crippen LogP contribution in [0.1, 0.15) is 10.4 Å². The summed E-state index contributed by atoms with van der Waals surface area (Å²) in [5.74, 6) is -0.372. The fraction of sp³-hybridized carbons (Fsp3) is 0.100. The van der Waals surface area contributed by atoms with Crippen LogP contribution in [-0.4, -0.2) is 13.1 Å². The third kappa shape index (κ3) is 1.18. The Morgan fingerprint density at radius 2 is 2.38 bits per heavy atom. The van der Waals surface area contributed by atoms with Crippen molar-refractivity contribution in [2.45, 2.75) is 0 Å². The molecule has 0 saturated carbocycles. The second-order valence-electron chi connectivity index (χ2n) is 2.60. The van der Waals surface area contributed by atoms with Crippen LogP contribution < -0.4 is 0 Å². The number of esters is 1. The molecule has 0 saturated heterocycles. The largest absolute Gasteiger partial charge is 0.465 e. The fourth-order valence-electron chi connectivity index (χ4n) is 1.21. The van der Waals surface area contributed by atoms with Gasteiger partial charge in [-0.1, -0.05) is 12.1 Å². The maximum absolute atomic E-state index is 11.2. The lowest BCUT2D eigenvalue weighted by Crippen LogP contribution is -2.00. The molecule has 1 heterocycles. The molecule has 3 nitrogen and oxygen atoms in total. The van der Waals surface area contributed by atoms with E-state index in [-0.39, 0.29) is 5.97 Å². The maximum Gasteiger partial charge on any atom is 0.338 e. The monoisotopic (exact) mass is 175 g/mol. The number of furan rings is 1. The minimum atomic E-state index is -0.372. The van der Waals surface area contributed by atoms with Crippen molar-refractivity contribution >= 4 is 16.7 Å². The number of fused-ring (bicyclic) bond motifs is 1. The predicted molar refractivity (Wildman–Crippen MR) is 46.4 cm³/mol. The molecule has 0 spiro atoms. The molecule has 0 bridgehead atoms. The fourth-order valence-corrected chi connectivity index (χ4v) is 1.21. The Balaban J connectivity index is 2.67. The number of carbonyl (C=O) groups is 1. The minimum absolute atomic E-state index is 0.372. The molecule has 0 aliphatic carbocycles. The van der Waals surface area contributed by atoms with Crippen LogP contribution in [0.2, 0.25) is 0 Å². The van der Waals surface area contributed by atoms with Gasteiger partial charge in [0.1, 0.15) is 0 Å². The van der Waals surface area contributed by atoms with Gasteiger partial charge < -0.3 is 9.15 Å². The number of rotatable bonds is 1. The van der Waals surface area contributed by atoms with Gasteiger partial charge in [-0.25, -0.2) is 4.79 Å². The van der Waals surface area contributed by atoms with Crippen molar-refractivity contribution in [3.05, 3.63) is 36.3 Å². The molecular formula is C10H7O3. The molecule has 0 amide bonds. The molecule has 65 valence electrons. The smallest absolute Gasteiger partial charge is 0.338 e. The SMILES string of the molecule is COC(=O)c1cccc2co[c]c12. The summed E-state index contributed by atoms with van der Waals surface area (Å²) in [5, 5.41) is 1.51. The summed E-state index contributed by atoms with van der Waals surface area (Å²) in [4.78, 5) is 11.2. The first-order valence-corrected chi connectivity index (χ1v) is 3.79. The average molecular weight is 175 g/mol. The second-order valence-corrected chi connectivity index (χ2v) is 2.60. The molecule has 1 aromatic heterocycles. The van der Waals surface area contributed by atoms with E-state index in [4.69, 9.17) is 4.42 Å². The summed E-state index contributed by atoms with van der Waals surface area (Å²) in [6.07, 6.45) is 4.17. The van der Waals surface area contributed by atoms with Crippen LogP contribution in [0.5, 0.6) is 0 Å². The summed E-state index contributed by atoms with van der Waals surface area (Å²) in [5.41, 5.74) is 0.480. The van der Waals surface area contributed by atoms with Crippen LogP contribution in [0, 0.1) is 6.26 Å². The third-order valence-corrected chi connectivity index (χ3v) is 1.85. The van der Waals surface area contributed by atoms with Crippen molar-refractivity contribution in [3.8, 4) is 0 Å². The van der Waals surface area contributed by atoms with Crippen molar-refractivity contribution in [3.63, 3.8) is 0 Å². The molecule has 3 heteroatoms. The van der Waals surface area contributed by atoms with E-state index in [1.807, 2.05) is 6.07 Å². The number of hydrogen-bond acceptors (Lipinski definition) is 3. The maximum atomic E-state index is 11.2. The van der Waals surface area contributed by atoms with Crippen molar-refractivity contribution in [1.29, 1.82) is 0 Å². The average Bonchev–Trinajstić information content (AvgIpc) is 2.63. The standard InChI is InChI=1S/C10H7O3/c1-12-10(11)8-4-2-3-7-5-13-6-9(7)8/h2-5H,1H3. The Kier molecular flexibility index (Phi) is 1.77. The van der Waals surface area contributed by atoms with E-state index in [1.54, 1.807) is 18.4 Å². The van der Waals surface area contributed by atoms with Gasteiger partial charge in [-0.3, -0.25) is 0 Å². The first kappa shape index (κ1) is 7.86. The topological polar surface area (TPSA) is 39.4 Å². The summed E-state index contributed by atoms with van der Waals surface area (Å²) in [6.45, 7) is 0. The number of benzene rings is 1. The van der Waals surface area contributed by atoms with Crippen molar-refractivity contribution in [1.82, 2.24) is 0 Å². The summed E-state index contributed by atoms with van der Waals surface area (Å²) in [6, 6.07) is 5.31. The highest BCUT2D eigenvalue weighted by Gasteiger charge is 2.10.